The number of amides is 7. The van der Waals surface area contributed by atoms with E-state index in [2.05, 4.69) is 36.2 Å². The zero-order valence-electron chi connectivity index (χ0n) is 44.0. The quantitative estimate of drug-likeness (QED) is 0.0336. The van der Waals surface area contributed by atoms with Gasteiger partial charge in [-0.25, -0.2) is 42.5 Å². The highest BCUT2D eigenvalue weighted by molar-refractivity contribution is 8.54. The van der Waals surface area contributed by atoms with E-state index in [4.69, 9.17) is 39.0 Å². The minimum atomic E-state index is -5.31. The molecule has 0 radical (unpaired) electrons. The molecule has 30 nitrogen and oxygen atoms in total. The number of nitrogens with zero attached hydrogens (tertiary/aromatic N) is 6. The fourth-order valence-electron chi connectivity index (χ4n) is 9.30. The molecule has 4 aliphatic heterocycles. The van der Waals surface area contributed by atoms with Gasteiger partial charge < -0.3 is 47.1 Å². The third-order valence-electron chi connectivity index (χ3n) is 13.5. The van der Waals surface area contributed by atoms with Crippen molar-refractivity contribution in [2.75, 3.05) is 37.4 Å². The van der Waals surface area contributed by atoms with Gasteiger partial charge in [0.15, 0.2) is 36.3 Å². The van der Waals surface area contributed by atoms with Crippen LogP contribution in [-0.2, 0) is 66.4 Å². The van der Waals surface area contributed by atoms with Crippen molar-refractivity contribution in [3.8, 4) is 0 Å². The molecule has 82 heavy (non-hydrogen) atoms. The maximum absolute atomic E-state index is 16.7. The Balaban J connectivity index is 0.955. The lowest BCUT2D eigenvalue weighted by Crippen LogP contribution is -2.54. The van der Waals surface area contributed by atoms with E-state index in [1.807, 2.05) is 4.98 Å². The lowest BCUT2D eigenvalue weighted by atomic mass is 10.0. The number of likely N-dealkylation sites (tertiary alicyclic amines) is 1. The summed E-state index contributed by atoms with van der Waals surface area (Å²) in [5.74, 6) is -2.89. The molecule has 35 heteroatoms. The number of carbonyl (C=O) groups is 6. The van der Waals surface area contributed by atoms with Crippen LogP contribution in [0.2, 0.25) is 0 Å². The summed E-state index contributed by atoms with van der Waals surface area (Å²) in [6.07, 6.45) is -10.3. The van der Waals surface area contributed by atoms with Crippen LogP contribution in [0.1, 0.15) is 83.2 Å². The normalized spacial score (nSPS) is 27.5. The summed E-state index contributed by atoms with van der Waals surface area (Å²) in [6.45, 7) is -2.93. The molecule has 0 bridgehead atoms. The number of rotatable bonds is 21. The van der Waals surface area contributed by atoms with Gasteiger partial charge in [-0.05, 0) is 60.7 Å². The highest BCUT2D eigenvalue weighted by atomic mass is 32.7. The van der Waals surface area contributed by atoms with Crippen molar-refractivity contribution in [1.29, 1.82) is 0 Å². The lowest BCUT2D eigenvalue weighted by Gasteiger charge is -2.29. The first-order chi connectivity index (χ1) is 39.0. The van der Waals surface area contributed by atoms with Crippen LogP contribution in [0.15, 0.2) is 58.8 Å². The first kappa shape index (κ1) is 61.5. The van der Waals surface area contributed by atoms with E-state index < -0.39 is 130 Å². The number of unbranched alkanes of at least 4 members (excludes halogenated alkanes) is 2. The summed E-state index contributed by atoms with van der Waals surface area (Å²) >= 11 is 0.522. The number of aromatic amines is 1. The number of anilines is 2. The maximum Gasteiger partial charge on any atom is 0.472 e. The monoisotopic (exact) mass is 1210 g/mol. The van der Waals surface area contributed by atoms with Crippen LogP contribution in [0, 0.1) is 5.92 Å². The lowest BCUT2D eigenvalue weighted by molar-refractivity contribution is -0.138. The SMILES string of the molecule is CC(C)C(NC(=O)CCCCCN1C(=O)CCC1=O)C(=O)NC(CCCNC(N)=O)C(=O)Nc1ccc(CSP2(=O)OC[C@H]3O[C@@H](n4cnc5c(N)ncnc54)[C@H](F)[C@@H]3OP(=O)(O)OC[C@H]3O[C@@H](n4ccc(=O)[nH]c4=O)[C@H](F)[C@@H]3O2)cc1. The molecular formula is C47H61F2N13O17P2S. The minimum Gasteiger partial charge on any atom is -0.382 e. The van der Waals surface area contributed by atoms with Crippen LogP contribution in [0.3, 0.4) is 0 Å². The molecule has 7 amide bonds. The summed E-state index contributed by atoms with van der Waals surface area (Å²) < 4.78 is 97.6. The van der Waals surface area contributed by atoms with Crippen molar-refractivity contribution in [3.63, 3.8) is 0 Å². The molecule has 3 aromatic heterocycles. The minimum absolute atomic E-state index is 0.0129. The zero-order valence-corrected chi connectivity index (χ0v) is 46.6. The number of ether oxygens (including phenoxy) is 2. The molecule has 0 spiro atoms. The number of imidazole rings is 1. The van der Waals surface area contributed by atoms with Gasteiger partial charge in [0, 0.05) is 56.1 Å². The van der Waals surface area contributed by atoms with Crippen molar-refractivity contribution in [1.82, 2.24) is 49.9 Å². The van der Waals surface area contributed by atoms with Crippen molar-refractivity contribution in [2.24, 2.45) is 11.7 Å². The molecule has 4 saturated heterocycles. The van der Waals surface area contributed by atoms with Crippen molar-refractivity contribution in [3.05, 3.63) is 75.6 Å². The second-order valence-electron chi connectivity index (χ2n) is 19.8. The Morgan fingerprint density at radius 1 is 0.854 bits per heavy atom. The molecule has 4 fully saturated rings. The number of hydrogen-bond acceptors (Lipinski definition) is 21. The molecule has 0 saturated carbocycles. The Labute approximate surface area is 468 Å². The topological polar surface area (TPSA) is 414 Å². The molecule has 4 aromatic rings. The molecule has 1 aromatic carbocycles. The molecule has 10 N–H and O–H groups in total. The van der Waals surface area contributed by atoms with Gasteiger partial charge in [0.25, 0.3) is 5.56 Å². The van der Waals surface area contributed by atoms with E-state index in [9.17, 15) is 47.8 Å². The van der Waals surface area contributed by atoms with E-state index in [1.54, 1.807) is 13.8 Å². The number of primary amides is 1. The third-order valence-corrected chi connectivity index (χ3v) is 18.2. The maximum atomic E-state index is 16.7. The Morgan fingerprint density at radius 2 is 1.52 bits per heavy atom. The van der Waals surface area contributed by atoms with Gasteiger partial charge >= 0.3 is 26.3 Å². The Morgan fingerprint density at radius 3 is 2.20 bits per heavy atom. The van der Waals surface area contributed by atoms with Crippen LogP contribution in [-0.4, -0.2) is 150 Å². The van der Waals surface area contributed by atoms with Crippen molar-refractivity contribution in [2.45, 2.75) is 132 Å². The number of carbonyl (C=O) groups excluding carboxylic acids is 6. The Hall–Kier alpha value is -6.54. The number of phosphoric acid groups is 1. The van der Waals surface area contributed by atoms with Gasteiger partial charge in [-0.1, -0.05) is 32.4 Å². The summed E-state index contributed by atoms with van der Waals surface area (Å²) in [5, 5.41) is 10.6. The molecule has 4 unspecified atom stereocenters. The number of imide groups is 1. The van der Waals surface area contributed by atoms with Gasteiger partial charge in [-0.15, -0.1) is 0 Å². The average molecular weight is 1210 g/mol. The number of aromatic nitrogens is 6. The largest absolute Gasteiger partial charge is 0.472 e. The molecule has 4 aliphatic rings. The Bertz CT molecular complexity index is 3220. The third kappa shape index (κ3) is 15.2. The number of nitrogen functional groups attached to an aromatic ring is 1. The van der Waals surface area contributed by atoms with Crippen LogP contribution >= 0.6 is 26.0 Å². The Kier molecular flexibility index (Phi) is 20.1. The summed E-state index contributed by atoms with van der Waals surface area (Å²) in [6, 6.07) is 3.83. The standard InChI is InChI=1S/C47H61F2N13O17P2S/c1-24(2)36(58-30(63)8-4-3-5-17-60-32(65)13-14-33(60)66)43(68)57-27(7-6-16-52-46(51)69)42(67)56-26-11-9-25(10-12-26)21-82-81(73)75-20-29-38(34(48)45(77-29)62-23-55-37-40(50)53-22-54-41(37)62)78-80(71,72)74-19-28-39(79-81)35(49)44(76-28)61-18-15-31(64)59-47(61)70/h9-12,15,18,22-24,27-29,34-36,38-39,44-45H,3-8,13-14,16-17,19-21H2,1-2H3,(H,56,67)(H,57,68)(H,58,63)(H,71,72)(H2,50,53,54)(H3,51,52,69)(H,59,64,70)/t27?,28-,29-,34-,35-,36?,38-,39-,44-,45-,81?/m1/s1. The number of nitrogens with one attached hydrogen (secondary N) is 5. The van der Waals surface area contributed by atoms with Gasteiger partial charge in [-0.3, -0.25) is 65.9 Å². The van der Waals surface area contributed by atoms with Crippen molar-refractivity contribution < 1.29 is 79.1 Å². The predicted molar refractivity (Wildman–Crippen MR) is 284 cm³/mol. The van der Waals surface area contributed by atoms with E-state index in [1.165, 1.54) is 29.2 Å². The van der Waals surface area contributed by atoms with E-state index in [0.29, 0.717) is 40.8 Å². The van der Waals surface area contributed by atoms with E-state index in [0.717, 1.165) is 29.5 Å². The molecule has 446 valence electrons. The van der Waals surface area contributed by atoms with E-state index in [-0.39, 0.29) is 85.4 Å². The van der Waals surface area contributed by atoms with Crippen LogP contribution in [0.5, 0.6) is 0 Å². The fraction of sp³-hybridized carbons (Fsp3) is 0.553. The molecule has 0 aliphatic carbocycles. The molecule has 12 atom stereocenters. The second kappa shape index (κ2) is 26.8. The van der Waals surface area contributed by atoms with Gasteiger partial charge in [-0.2, -0.15) is 0 Å². The van der Waals surface area contributed by atoms with E-state index >= 15 is 13.3 Å². The van der Waals surface area contributed by atoms with Gasteiger partial charge in [0.05, 0.1) is 19.5 Å². The number of alkyl halides is 2. The smallest absolute Gasteiger partial charge is 0.382 e. The first-order valence-corrected chi connectivity index (χ1v) is 30.6. The average Bonchev–Trinajstić information content (AvgIpc) is 4.39. The fourth-order valence-corrected chi connectivity index (χ4v) is 13.6. The van der Waals surface area contributed by atoms with Gasteiger partial charge in [0.2, 0.25) is 29.5 Å². The van der Waals surface area contributed by atoms with Gasteiger partial charge in [0.1, 0.15) is 48.3 Å². The first-order valence-electron chi connectivity index (χ1n) is 25.9. The number of nitrogens with two attached hydrogens (primary N) is 2. The number of halogens is 2. The number of hydrogen-bond donors (Lipinski definition) is 8. The highest BCUT2D eigenvalue weighted by Gasteiger charge is 2.55. The highest BCUT2D eigenvalue weighted by Crippen LogP contribution is 2.65. The summed E-state index contributed by atoms with van der Waals surface area (Å²) in [7, 11) is -5.31. The summed E-state index contributed by atoms with van der Waals surface area (Å²) in [5.41, 5.74) is 9.95. The molecule has 7 heterocycles. The second-order valence-corrected chi connectivity index (χ2v) is 25.2. The summed E-state index contributed by atoms with van der Waals surface area (Å²) in [4.78, 5) is 127. The number of fused-ring (bicyclic) bond motifs is 3. The van der Waals surface area contributed by atoms with Crippen molar-refractivity contribution >= 4 is 84.2 Å². The van der Waals surface area contributed by atoms with Crippen LogP contribution in [0.25, 0.3) is 11.2 Å². The number of phosphoric ester groups is 1. The zero-order chi connectivity index (χ0) is 59.0. The number of H-pyrrole nitrogens is 1. The molecular weight excluding hydrogens is 1150 g/mol. The number of urea groups is 1. The molecule has 8 rings (SSSR count). The van der Waals surface area contributed by atoms with Crippen LogP contribution in [0.4, 0.5) is 25.1 Å². The number of benzene rings is 1. The van der Waals surface area contributed by atoms with Crippen LogP contribution < -0.4 is 44.0 Å². The predicted octanol–water partition coefficient (Wildman–Crippen LogP) is 2.11.